The Hall–Kier alpha value is -2.96. The first kappa shape index (κ1) is 18.4. The van der Waals surface area contributed by atoms with Crippen molar-refractivity contribution in [3.8, 4) is 0 Å². The number of anilines is 1. The first-order chi connectivity index (χ1) is 13.4. The highest BCUT2D eigenvalue weighted by Gasteiger charge is 2.28. The van der Waals surface area contributed by atoms with Gasteiger partial charge < -0.3 is 9.80 Å². The third kappa shape index (κ3) is 3.32. The molecule has 1 fully saturated rings. The summed E-state index contributed by atoms with van der Waals surface area (Å²) in [7, 11) is 3.49. The third-order valence-electron chi connectivity index (χ3n) is 5.35. The molecule has 0 saturated carbocycles. The Morgan fingerprint density at radius 1 is 1.32 bits per heavy atom. The molecule has 1 saturated heterocycles. The lowest BCUT2D eigenvalue weighted by Gasteiger charge is -2.35. The summed E-state index contributed by atoms with van der Waals surface area (Å²) >= 11 is 0. The normalized spacial score (nSPS) is 17.1. The van der Waals surface area contributed by atoms with Crippen molar-refractivity contribution in [2.24, 2.45) is 0 Å². The van der Waals surface area contributed by atoms with Crippen molar-refractivity contribution in [2.45, 2.75) is 25.7 Å². The minimum Gasteiger partial charge on any atom is -0.370 e. The van der Waals surface area contributed by atoms with Crippen LogP contribution in [0.5, 0.6) is 0 Å². The van der Waals surface area contributed by atoms with Crippen molar-refractivity contribution in [1.29, 1.82) is 0 Å². The summed E-state index contributed by atoms with van der Waals surface area (Å²) < 4.78 is 13.9. The molecule has 1 N–H and O–H groups in total. The lowest BCUT2D eigenvalue weighted by molar-refractivity contribution is 0.0826. The molecule has 1 unspecified atom stereocenters. The lowest BCUT2D eigenvalue weighted by atomic mass is 9.91. The molecular weight excluding hydrogens is 357 g/mol. The number of aromatic nitrogens is 3. The fourth-order valence-electron chi connectivity index (χ4n) is 4.02. The number of nitrogens with one attached hydrogen (secondary N) is 1. The fourth-order valence-corrected chi connectivity index (χ4v) is 4.02. The summed E-state index contributed by atoms with van der Waals surface area (Å²) in [6.07, 6.45) is 3.57. The van der Waals surface area contributed by atoms with Gasteiger partial charge in [-0.1, -0.05) is 0 Å². The average Bonchev–Trinajstić information content (AvgIpc) is 3.17. The number of carbonyl (C=O) groups is 1. The summed E-state index contributed by atoms with van der Waals surface area (Å²) in [5.41, 5.74) is 4.19. The van der Waals surface area contributed by atoms with Gasteiger partial charge in [0.15, 0.2) is 0 Å². The minimum absolute atomic E-state index is 0.0480. The Morgan fingerprint density at radius 2 is 2.14 bits per heavy atom. The number of rotatable bonds is 3. The monoisotopic (exact) mass is 381 g/mol. The Bertz CT molecular complexity index is 1030. The van der Waals surface area contributed by atoms with Crippen molar-refractivity contribution in [3.63, 3.8) is 0 Å². The van der Waals surface area contributed by atoms with E-state index in [2.05, 4.69) is 20.1 Å². The van der Waals surface area contributed by atoms with E-state index in [9.17, 15) is 9.18 Å². The molecule has 2 aromatic heterocycles. The van der Waals surface area contributed by atoms with Crippen molar-refractivity contribution in [1.82, 2.24) is 20.1 Å². The van der Waals surface area contributed by atoms with Crippen LogP contribution in [0.2, 0.25) is 0 Å². The largest absolute Gasteiger partial charge is 0.370 e. The molecule has 4 rings (SSSR count). The molecule has 3 aromatic rings. The Kier molecular flexibility index (Phi) is 4.75. The molecule has 0 bridgehead atoms. The maximum Gasteiger partial charge on any atom is 0.256 e. The maximum absolute atomic E-state index is 13.9. The van der Waals surface area contributed by atoms with E-state index >= 15 is 0 Å². The van der Waals surface area contributed by atoms with E-state index in [-0.39, 0.29) is 17.6 Å². The first-order valence-electron chi connectivity index (χ1n) is 9.51. The zero-order valence-electron chi connectivity index (χ0n) is 16.4. The standard InChI is InChI=1S/C21H24FN5O/c1-13-9-19(16-10-15(22)6-7-18(16)24-13)27-8-4-5-14(12-27)20-17(11-23-25-20)21(28)26(2)3/h6-7,9-11,14H,4-5,8,12H2,1-3H3,(H,23,25). The van der Waals surface area contributed by atoms with Crippen LogP contribution in [0.4, 0.5) is 10.1 Å². The SMILES string of the molecule is Cc1cc(N2CCCC(c3[nH]ncc3C(=O)N(C)C)C2)c2cc(F)ccc2n1. The highest BCUT2D eigenvalue weighted by atomic mass is 19.1. The number of hydrogen-bond acceptors (Lipinski definition) is 4. The van der Waals surface area contributed by atoms with Gasteiger partial charge in [-0.05, 0) is 44.0 Å². The summed E-state index contributed by atoms with van der Waals surface area (Å²) in [5.74, 6) is -0.152. The number of aromatic amines is 1. The van der Waals surface area contributed by atoms with Crippen LogP contribution >= 0.6 is 0 Å². The molecule has 7 heteroatoms. The molecule has 0 spiro atoms. The van der Waals surface area contributed by atoms with E-state index in [4.69, 9.17) is 0 Å². The van der Waals surface area contributed by atoms with Crippen molar-refractivity contribution in [3.05, 3.63) is 53.2 Å². The van der Waals surface area contributed by atoms with Gasteiger partial charge in [0, 0.05) is 49.9 Å². The highest BCUT2D eigenvalue weighted by Crippen LogP contribution is 2.34. The molecule has 28 heavy (non-hydrogen) atoms. The number of fused-ring (bicyclic) bond motifs is 1. The summed E-state index contributed by atoms with van der Waals surface area (Å²) in [4.78, 5) is 20.9. The van der Waals surface area contributed by atoms with E-state index < -0.39 is 0 Å². The number of piperidine rings is 1. The van der Waals surface area contributed by atoms with Gasteiger partial charge in [0.1, 0.15) is 5.82 Å². The van der Waals surface area contributed by atoms with Gasteiger partial charge in [-0.25, -0.2) is 4.39 Å². The van der Waals surface area contributed by atoms with Crippen LogP contribution in [0, 0.1) is 12.7 Å². The summed E-state index contributed by atoms with van der Waals surface area (Å²) in [6.45, 7) is 3.58. The molecule has 146 valence electrons. The van der Waals surface area contributed by atoms with Gasteiger partial charge in [-0.15, -0.1) is 0 Å². The van der Waals surface area contributed by atoms with Crippen LogP contribution < -0.4 is 4.90 Å². The number of nitrogens with zero attached hydrogens (tertiary/aromatic N) is 4. The predicted molar refractivity (Wildman–Crippen MR) is 107 cm³/mol. The highest BCUT2D eigenvalue weighted by molar-refractivity contribution is 5.95. The van der Waals surface area contributed by atoms with Gasteiger partial charge in [0.25, 0.3) is 5.91 Å². The molecule has 1 aliphatic rings. The third-order valence-corrected chi connectivity index (χ3v) is 5.35. The maximum atomic E-state index is 13.9. The molecule has 0 radical (unpaired) electrons. The number of hydrogen-bond donors (Lipinski definition) is 1. The number of aryl methyl sites for hydroxylation is 1. The number of H-pyrrole nitrogens is 1. The van der Waals surface area contributed by atoms with Crippen LogP contribution in [0.3, 0.4) is 0 Å². The van der Waals surface area contributed by atoms with Crippen molar-refractivity contribution in [2.75, 3.05) is 32.1 Å². The molecule has 0 aliphatic carbocycles. The minimum atomic E-state index is -0.264. The molecule has 3 heterocycles. The Balaban J connectivity index is 1.69. The van der Waals surface area contributed by atoms with E-state index in [1.54, 1.807) is 37.3 Å². The molecular formula is C21H24FN5O. The fraction of sp³-hybridized carbons (Fsp3) is 0.381. The number of amides is 1. The lowest BCUT2D eigenvalue weighted by Crippen LogP contribution is -2.35. The number of halogens is 1. The van der Waals surface area contributed by atoms with E-state index in [0.717, 1.165) is 53.9 Å². The van der Waals surface area contributed by atoms with Crippen LogP contribution in [-0.4, -0.2) is 53.2 Å². The van der Waals surface area contributed by atoms with Crippen LogP contribution in [0.25, 0.3) is 10.9 Å². The zero-order valence-corrected chi connectivity index (χ0v) is 16.4. The van der Waals surface area contributed by atoms with Gasteiger partial charge >= 0.3 is 0 Å². The first-order valence-corrected chi connectivity index (χ1v) is 9.51. The second kappa shape index (κ2) is 7.22. The van der Waals surface area contributed by atoms with Gasteiger partial charge in [-0.2, -0.15) is 5.10 Å². The molecule has 1 aliphatic heterocycles. The Morgan fingerprint density at radius 3 is 2.93 bits per heavy atom. The van der Waals surface area contributed by atoms with E-state index in [1.165, 1.54) is 6.07 Å². The Labute approximate surface area is 163 Å². The van der Waals surface area contributed by atoms with E-state index in [0.29, 0.717) is 5.56 Å². The molecule has 6 nitrogen and oxygen atoms in total. The molecule has 1 atom stereocenters. The average molecular weight is 381 g/mol. The second-order valence-corrected chi connectivity index (χ2v) is 7.63. The number of carbonyl (C=O) groups excluding carboxylic acids is 1. The zero-order chi connectivity index (χ0) is 19.8. The van der Waals surface area contributed by atoms with E-state index in [1.807, 2.05) is 13.0 Å². The van der Waals surface area contributed by atoms with Gasteiger partial charge in [0.2, 0.25) is 0 Å². The summed E-state index contributed by atoms with van der Waals surface area (Å²) in [6, 6.07) is 6.74. The van der Waals surface area contributed by atoms with Gasteiger partial charge in [-0.3, -0.25) is 14.9 Å². The molecule has 1 aromatic carbocycles. The van der Waals surface area contributed by atoms with Gasteiger partial charge in [0.05, 0.1) is 23.0 Å². The quantitative estimate of drug-likeness (QED) is 0.754. The van der Waals surface area contributed by atoms with Crippen molar-refractivity contribution < 1.29 is 9.18 Å². The smallest absolute Gasteiger partial charge is 0.256 e. The predicted octanol–water partition coefficient (Wildman–Crippen LogP) is 3.49. The van der Waals surface area contributed by atoms with Crippen LogP contribution in [0.15, 0.2) is 30.5 Å². The summed E-state index contributed by atoms with van der Waals surface area (Å²) in [5, 5.41) is 7.99. The molecule has 1 amide bonds. The van der Waals surface area contributed by atoms with Crippen LogP contribution in [-0.2, 0) is 0 Å². The number of pyridine rings is 1. The topological polar surface area (TPSA) is 65.1 Å². The van der Waals surface area contributed by atoms with Crippen LogP contribution in [0.1, 0.15) is 40.5 Å². The number of benzene rings is 1. The second-order valence-electron chi connectivity index (χ2n) is 7.63. The van der Waals surface area contributed by atoms with Crippen molar-refractivity contribution >= 4 is 22.5 Å².